The van der Waals surface area contributed by atoms with Gasteiger partial charge in [0.25, 0.3) is 5.91 Å². The Hall–Kier alpha value is -3.92. The van der Waals surface area contributed by atoms with Gasteiger partial charge in [-0.2, -0.15) is 0 Å². The Labute approximate surface area is 254 Å². The first-order valence-electron chi connectivity index (χ1n) is 15.2. The SMILES string of the molecule is CC(C)[C@@H]1COc2ccccc2C(=O)N[C@H](C(=O)N2CCCN(C)CC2)CCC(=O)N(C)[C@@H](Cc2ccccc2)C(=O)N1. The van der Waals surface area contributed by atoms with E-state index in [1.807, 2.05) is 51.2 Å². The molecule has 0 radical (unpaired) electrons. The summed E-state index contributed by atoms with van der Waals surface area (Å²) in [5.41, 5.74) is 1.22. The number of nitrogens with zero attached hydrogens (tertiary/aromatic N) is 3. The number of nitrogens with one attached hydrogen (secondary N) is 2. The molecule has 2 heterocycles. The molecule has 0 bridgehead atoms. The highest BCUT2D eigenvalue weighted by atomic mass is 16.5. The van der Waals surface area contributed by atoms with Crippen molar-refractivity contribution in [2.75, 3.05) is 46.9 Å². The van der Waals surface area contributed by atoms with Crippen molar-refractivity contribution >= 4 is 23.6 Å². The molecule has 10 nitrogen and oxygen atoms in total. The number of carbonyl (C=O) groups is 4. The first-order chi connectivity index (χ1) is 20.6. The van der Waals surface area contributed by atoms with Gasteiger partial charge in [-0.25, -0.2) is 0 Å². The van der Waals surface area contributed by atoms with Gasteiger partial charge in [-0.05, 0) is 50.0 Å². The second-order valence-electron chi connectivity index (χ2n) is 11.9. The Morgan fingerprint density at radius 1 is 0.930 bits per heavy atom. The topological polar surface area (TPSA) is 111 Å². The lowest BCUT2D eigenvalue weighted by Crippen LogP contribution is -2.54. The summed E-state index contributed by atoms with van der Waals surface area (Å²) in [4.78, 5) is 60.2. The fourth-order valence-electron chi connectivity index (χ4n) is 5.48. The van der Waals surface area contributed by atoms with Gasteiger partial charge < -0.3 is 30.1 Å². The average Bonchev–Trinajstić information content (AvgIpc) is 3.23. The molecule has 0 unspecified atom stereocenters. The van der Waals surface area contributed by atoms with Crippen molar-refractivity contribution < 1.29 is 23.9 Å². The fraction of sp³-hybridized carbons (Fsp3) is 0.515. The van der Waals surface area contributed by atoms with E-state index in [-0.39, 0.29) is 49.1 Å². The van der Waals surface area contributed by atoms with Crippen LogP contribution in [0.15, 0.2) is 54.6 Å². The molecule has 0 aliphatic carbocycles. The predicted molar refractivity (Wildman–Crippen MR) is 165 cm³/mol. The fourth-order valence-corrected chi connectivity index (χ4v) is 5.48. The number of amides is 4. The third kappa shape index (κ3) is 8.56. The minimum Gasteiger partial charge on any atom is -0.491 e. The van der Waals surface area contributed by atoms with Crippen LogP contribution in [-0.2, 0) is 20.8 Å². The Kier molecular flexibility index (Phi) is 11.2. The minimum atomic E-state index is -0.906. The van der Waals surface area contributed by atoms with E-state index >= 15 is 0 Å². The van der Waals surface area contributed by atoms with Crippen LogP contribution in [0.3, 0.4) is 0 Å². The summed E-state index contributed by atoms with van der Waals surface area (Å²) < 4.78 is 6.14. The zero-order chi connectivity index (χ0) is 30.9. The number of hydrogen-bond donors (Lipinski definition) is 2. The van der Waals surface area contributed by atoms with Crippen molar-refractivity contribution in [3.63, 3.8) is 0 Å². The largest absolute Gasteiger partial charge is 0.491 e. The molecule has 0 spiro atoms. The van der Waals surface area contributed by atoms with E-state index in [1.54, 1.807) is 36.2 Å². The van der Waals surface area contributed by atoms with Crippen LogP contribution in [0.4, 0.5) is 0 Å². The van der Waals surface area contributed by atoms with E-state index in [0.717, 1.165) is 25.1 Å². The van der Waals surface area contributed by atoms with Crippen molar-refractivity contribution in [3.8, 4) is 5.75 Å². The summed E-state index contributed by atoms with van der Waals surface area (Å²) in [6.07, 6.45) is 1.26. The third-order valence-electron chi connectivity index (χ3n) is 8.40. The molecule has 3 atom stereocenters. The zero-order valence-corrected chi connectivity index (χ0v) is 25.8. The Balaban J connectivity index is 1.67. The van der Waals surface area contributed by atoms with Crippen molar-refractivity contribution in [2.24, 2.45) is 5.92 Å². The molecule has 4 amide bonds. The number of likely N-dealkylation sites (N-methyl/N-ethyl adjacent to an activating group) is 2. The second-order valence-corrected chi connectivity index (χ2v) is 11.9. The third-order valence-corrected chi connectivity index (χ3v) is 8.40. The van der Waals surface area contributed by atoms with Gasteiger partial charge in [0, 0.05) is 39.5 Å². The van der Waals surface area contributed by atoms with E-state index in [4.69, 9.17) is 4.74 Å². The average molecular weight is 592 g/mol. The molecule has 1 saturated heterocycles. The van der Waals surface area contributed by atoms with E-state index in [1.165, 1.54) is 4.90 Å². The van der Waals surface area contributed by atoms with Crippen molar-refractivity contribution in [1.29, 1.82) is 0 Å². The highest BCUT2D eigenvalue weighted by molar-refractivity contribution is 6.00. The maximum absolute atomic E-state index is 13.8. The highest BCUT2D eigenvalue weighted by Crippen LogP contribution is 2.21. The van der Waals surface area contributed by atoms with Crippen LogP contribution in [0.2, 0.25) is 0 Å². The van der Waals surface area contributed by atoms with Crippen LogP contribution in [0.25, 0.3) is 0 Å². The van der Waals surface area contributed by atoms with Crippen LogP contribution in [0.1, 0.15) is 49.0 Å². The zero-order valence-electron chi connectivity index (χ0n) is 25.8. The maximum atomic E-state index is 13.8. The summed E-state index contributed by atoms with van der Waals surface area (Å²) in [6.45, 7) is 6.85. The molecule has 2 aliphatic heterocycles. The molecule has 0 aromatic heterocycles. The summed E-state index contributed by atoms with van der Waals surface area (Å²) in [6, 6.07) is 14.4. The lowest BCUT2D eigenvalue weighted by Gasteiger charge is -2.31. The molecule has 4 rings (SSSR count). The molecule has 43 heavy (non-hydrogen) atoms. The Morgan fingerprint density at radius 2 is 1.65 bits per heavy atom. The first-order valence-corrected chi connectivity index (χ1v) is 15.2. The van der Waals surface area contributed by atoms with E-state index in [0.29, 0.717) is 30.8 Å². The van der Waals surface area contributed by atoms with Gasteiger partial charge >= 0.3 is 0 Å². The molecule has 232 valence electrons. The minimum absolute atomic E-state index is 0.00868. The molecular weight excluding hydrogens is 546 g/mol. The van der Waals surface area contributed by atoms with Crippen LogP contribution in [0.5, 0.6) is 5.75 Å². The van der Waals surface area contributed by atoms with Gasteiger partial charge in [-0.3, -0.25) is 19.2 Å². The molecule has 2 aliphatic rings. The molecule has 10 heteroatoms. The van der Waals surface area contributed by atoms with E-state index < -0.39 is 18.0 Å². The van der Waals surface area contributed by atoms with Gasteiger partial charge in [-0.1, -0.05) is 56.3 Å². The molecule has 1 fully saturated rings. The maximum Gasteiger partial charge on any atom is 0.255 e. The standard InChI is InChI=1S/C33H45N5O5/c1-23(2)27-22-43-29-14-9-8-13-25(29)31(40)34-26(33(42)38-18-10-17-36(3)19-20-38)15-16-30(39)37(4)28(32(41)35-27)21-24-11-6-5-7-12-24/h5-9,11-14,23,26-28H,10,15-22H2,1-4H3,(H,34,40)(H,35,41)/t26-,27-,28-/m0/s1. The second kappa shape index (κ2) is 15.0. The Morgan fingerprint density at radius 3 is 2.40 bits per heavy atom. The van der Waals surface area contributed by atoms with Crippen molar-refractivity contribution in [2.45, 2.75) is 57.7 Å². The molecular formula is C33H45N5O5. The predicted octanol–water partition coefficient (Wildman–Crippen LogP) is 2.33. The summed E-state index contributed by atoms with van der Waals surface area (Å²) in [7, 11) is 3.65. The highest BCUT2D eigenvalue weighted by Gasteiger charge is 2.33. The number of fused-ring (bicyclic) bond motifs is 1. The van der Waals surface area contributed by atoms with Crippen LogP contribution in [0, 0.1) is 5.92 Å². The molecule has 0 saturated carbocycles. The molecule has 2 aromatic carbocycles. The van der Waals surface area contributed by atoms with Gasteiger partial charge in [0.2, 0.25) is 17.7 Å². The lowest BCUT2D eigenvalue weighted by molar-refractivity contribution is -0.140. The number of ether oxygens (including phenoxy) is 1. The van der Waals surface area contributed by atoms with Crippen LogP contribution >= 0.6 is 0 Å². The number of rotatable bonds is 4. The number of para-hydroxylation sites is 1. The first kappa shape index (κ1) is 32.0. The van der Waals surface area contributed by atoms with Gasteiger partial charge in [0.1, 0.15) is 24.4 Å². The summed E-state index contributed by atoms with van der Waals surface area (Å²) in [5, 5.41) is 6.03. The summed E-state index contributed by atoms with van der Waals surface area (Å²) in [5.74, 6) is -0.809. The number of carbonyl (C=O) groups excluding carboxylic acids is 4. The van der Waals surface area contributed by atoms with Gasteiger partial charge in [-0.15, -0.1) is 0 Å². The number of hydrogen-bond acceptors (Lipinski definition) is 6. The lowest BCUT2D eigenvalue weighted by atomic mass is 10.0. The normalized spacial score (nSPS) is 23.3. The van der Waals surface area contributed by atoms with E-state index in [2.05, 4.69) is 15.5 Å². The van der Waals surface area contributed by atoms with Gasteiger partial charge in [0.05, 0.1) is 11.6 Å². The molecule has 2 aromatic rings. The summed E-state index contributed by atoms with van der Waals surface area (Å²) >= 11 is 0. The van der Waals surface area contributed by atoms with Crippen molar-refractivity contribution in [1.82, 2.24) is 25.3 Å². The number of benzene rings is 2. The van der Waals surface area contributed by atoms with Crippen molar-refractivity contribution in [3.05, 3.63) is 65.7 Å². The molecule has 2 N–H and O–H groups in total. The smallest absolute Gasteiger partial charge is 0.255 e. The monoisotopic (exact) mass is 591 g/mol. The van der Waals surface area contributed by atoms with Crippen LogP contribution in [-0.4, -0.2) is 103 Å². The Bertz CT molecular complexity index is 1270. The van der Waals surface area contributed by atoms with Gasteiger partial charge in [0.15, 0.2) is 0 Å². The quantitative estimate of drug-likeness (QED) is 0.565. The van der Waals surface area contributed by atoms with E-state index in [9.17, 15) is 19.2 Å². The van der Waals surface area contributed by atoms with Crippen LogP contribution < -0.4 is 15.4 Å².